The molecule has 5 rings (SSSR count). The summed E-state index contributed by atoms with van der Waals surface area (Å²) in [5.41, 5.74) is 3.18. The number of nitrogens with one attached hydrogen (secondary N) is 2. The number of para-hydroxylation sites is 1. The number of carboxylic acid groups (broad SMARTS) is 1. The number of benzodiazepines with no additional fused rings is 1. The third-order valence-corrected chi connectivity index (χ3v) is 7.94. The first-order valence-corrected chi connectivity index (χ1v) is 13.8. The molecule has 7 nitrogen and oxygen atoms in total. The van der Waals surface area contributed by atoms with Gasteiger partial charge in [-0.25, -0.2) is 4.99 Å². The van der Waals surface area contributed by atoms with Crippen molar-refractivity contribution in [3.05, 3.63) is 64.2 Å². The third-order valence-electron chi connectivity index (χ3n) is 7.68. The van der Waals surface area contributed by atoms with Gasteiger partial charge in [-0.1, -0.05) is 54.8 Å². The largest absolute Gasteiger partial charge is 0.481 e. The van der Waals surface area contributed by atoms with Crippen molar-refractivity contribution in [1.82, 2.24) is 5.32 Å². The van der Waals surface area contributed by atoms with Crippen molar-refractivity contribution in [3.8, 4) is 0 Å². The molecule has 3 atom stereocenters. The van der Waals surface area contributed by atoms with Crippen molar-refractivity contribution in [2.45, 2.75) is 63.2 Å². The number of hydrogen-bond acceptors (Lipinski definition) is 4. The van der Waals surface area contributed by atoms with E-state index in [9.17, 15) is 32.7 Å². The summed E-state index contributed by atoms with van der Waals surface area (Å²) >= 11 is 6.08. The van der Waals surface area contributed by atoms with Gasteiger partial charge in [-0.15, -0.1) is 0 Å². The van der Waals surface area contributed by atoms with Crippen LogP contribution in [0.25, 0.3) is 0 Å². The van der Waals surface area contributed by atoms with Gasteiger partial charge in [0.05, 0.1) is 23.2 Å². The molecule has 1 heterocycles. The lowest BCUT2D eigenvalue weighted by Crippen LogP contribution is -2.47. The molecule has 0 unspecified atom stereocenters. The molecule has 2 amide bonds. The zero-order valence-corrected chi connectivity index (χ0v) is 22.3. The maximum atomic E-state index is 13.5. The lowest BCUT2D eigenvalue weighted by Gasteiger charge is -2.25. The van der Waals surface area contributed by atoms with Crippen LogP contribution >= 0.6 is 11.6 Å². The predicted molar refractivity (Wildman–Crippen MR) is 143 cm³/mol. The first-order chi connectivity index (χ1) is 19.0. The normalized spacial score (nSPS) is 20.4. The number of fused-ring (bicyclic) bond motifs is 1. The van der Waals surface area contributed by atoms with Crippen LogP contribution < -0.4 is 10.6 Å². The fraction of sp³-hybridized carbons (Fsp3) is 0.448. The van der Waals surface area contributed by atoms with E-state index in [1.165, 1.54) is 0 Å². The second kappa shape index (κ2) is 11.2. The highest BCUT2D eigenvalue weighted by atomic mass is 35.5. The molecule has 1 aliphatic heterocycles. The van der Waals surface area contributed by atoms with Gasteiger partial charge in [0.2, 0.25) is 12.1 Å². The summed E-state index contributed by atoms with van der Waals surface area (Å²) in [6, 6.07) is 12.4. The average molecular weight is 576 g/mol. The van der Waals surface area contributed by atoms with Gasteiger partial charge in [0.15, 0.2) is 0 Å². The van der Waals surface area contributed by atoms with Crippen molar-refractivity contribution in [3.63, 3.8) is 0 Å². The Bertz CT molecular complexity index is 1340. The molecular weight excluding hydrogens is 547 g/mol. The van der Waals surface area contributed by atoms with Crippen molar-refractivity contribution in [2.24, 2.45) is 22.7 Å². The Morgan fingerprint density at radius 3 is 2.38 bits per heavy atom. The number of nitrogens with zero attached hydrogens (tertiary/aromatic N) is 1. The van der Waals surface area contributed by atoms with E-state index in [1.54, 1.807) is 30.3 Å². The van der Waals surface area contributed by atoms with Crippen molar-refractivity contribution < 1.29 is 32.7 Å². The molecule has 3 aliphatic rings. The molecule has 2 aliphatic carbocycles. The first kappa shape index (κ1) is 28.1. The number of carbonyl (C=O) groups excluding carboxylic acids is 2. The number of benzene rings is 2. The van der Waals surface area contributed by atoms with E-state index >= 15 is 0 Å². The highest BCUT2D eigenvalue weighted by Crippen LogP contribution is 2.45. The van der Waals surface area contributed by atoms with Crippen molar-refractivity contribution >= 4 is 40.8 Å². The Hall–Kier alpha value is -3.40. The van der Waals surface area contributed by atoms with Crippen molar-refractivity contribution in [1.29, 1.82) is 0 Å². The Morgan fingerprint density at radius 1 is 1.07 bits per heavy atom. The van der Waals surface area contributed by atoms with E-state index in [-0.39, 0.29) is 18.3 Å². The average Bonchev–Trinajstić information content (AvgIpc) is 3.80. The van der Waals surface area contributed by atoms with E-state index < -0.39 is 54.8 Å². The van der Waals surface area contributed by atoms with Gasteiger partial charge >= 0.3 is 12.1 Å². The summed E-state index contributed by atoms with van der Waals surface area (Å²) in [4.78, 5) is 43.6. The molecule has 0 saturated heterocycles. The smallest absolute Gasteiger partial charge is 0.389 e. The van der Waals surface area contributed by atoms with Gasteiger partial charge in [0.1, 0.15) is 0 Å². The van der Waals surface area contributed by atoms with Crippen LogP contribution in [0.2, 0.25) is 5.02 Å². The highest BCUT2D eigenvalue weighted by Gasteiger charge is 2.42. The van der Waals surface area contributed by atoms with Gasteiger partial charge in [-0.05, 0) is 55.2 Å². The number of carboxylic acids is 1. The van der Waals surface area contributed by atoms with Crippen LogP contribution in [-0.2, 0) is 14.4 Å². The summed E-state index contributed by atoms with van der Waals surface area (Å²) < 4.78 is 39.4. The summed E-state index contributed by atoms with van der Waals surface area (Å²) in [7, 11) is 0. The zero-order valence-electron chi connectivity index (χ0n) is 21.5. The van der Waals surface area contributed by atoms with Gasteiger partial charge in [-0.2, -0.15) is 13.2 Å². The van der Waals surface area contributed by atoms with Crippen LogP contribution in [0.5, 0.6) is 0 Å². The Morgan fingerprint density at radius 2 is 1.77 bits per heavy atom. The maximum Gasteiger partial charge on any atom is 0.389 e. The molecule has 40 heavy (non-hydrogen) atoms. The van der Waals surface area contributed by atoms with Crippen LogP contribution in [0.1, 0.15) is 67.6 Å². The zero-order chi connectivity index (χ0) is 28.6. The van der Waals surface area contributed by atoms with Gasteiger partial charge in [-0.3, -0.25) is 14.4 Å². The quantitative estimate of drug-likeness (QED) is 0.327. The SMILES string of the molecule is O=C1Nc2c(cccc2C2CC2)C(c2ccc(Cl)cc2)=N[C@@H]1NC(=O)[C@H](CCC(F)(F)F)[C@H](CC1CC1)C(=O)O. The molecule has 2 aromatic rings. The number of rotatable bonds is 10. The fourth-order valence-electron chi connectivity index (χ4n) is 5.25. The molecule has 2 aromatic carbocycles. The number of halogens is 4. The highest BCUT2D eigenvalue weighted by molar-refractivity contribution is 6.31. The number of aliphatic carboxylic acids is 1. The Kier molecular flexibility index (Phi) is 7.90. The van der Waals surface area contributed by atoms with Crippen molar-refractivity contribution in [2.75, 3.05) is 5.32 Å². The minimum absolute atomic E-state index is 0.0633. The number of alkyl halides is 3. The number of aliphatic imine (C=N–C) groups is 1. The fourth-order valence-corrected chi connectivity index (χ4v) is 5.38. The first-order valence-electron chi connectivity index (χ1n) is 13.4. The summed E-state index contributed by atoms with van der Waals surface area (Å²) in [5, 5.41) is 15.7. The minimum atomic E-state index is -4.57. The van der Waals surface area contributed by atoms with E-state index in [1.807, 2.05) is 12.1 Å². The lowest BCUT2D eigenvalue weighted by atomic mass is 9.83. The Labute approximate surface area is 234 Å². The molecular formula is C29H29ClF3N3O4. The van der Waals surface area contributed by atoms with Gasteiger partial charge in [0, 0.05) is 22.6 Å². The van der Waals surface area contributed by atoms with Gasteiger partial charge < -0.3 is 15.7 Å². The predicted octanol–water partition coefficient (Wildman–Crippen LogP) is 5.91. The Balaban J connectivity index is 1.49. The monoisotopic (exact) mass is 575 g/mol. The summed E-state index contributed by atoms with van der Waals surface area (Å²) in [6.07, 6.45) is -4.46. The van der Waals surface area contributed by atoms with Crippen LogP contribution in [-0.4, -0.2) is 40.9 Å². The van der Waals surface area contributed by atoms with Crippen LogP contribution in [0.15, 0.2) is 47.5 Å². The van der Waals surface area contributed by atoms with Crippen LogP contribution in [0.3, 0.4) is 0 Å². The molecule has 2 saturated carbocycles. The number of anilines is 1. The summed E-state index contributed by atoms with van der Waals surface area (Å²) in [6.45, 7) is 0. The third kappa shape index (κ3) is 6.66. The molecule has 0 radical (unpaired) electrons. The minimum Gasteiger partial charge on any atom is -0.481 e. The second-order valence-electron chi connectivity index (χ2n) is 10.8. The van der Waals surface area contributed by atoms with Gasteiger partial charge in [0.25, 0.3) is 5.91 Å². The standard InChI is InChI=1S/C29H29ClF3N3O4/c30-18-10-8-17(9-11-18)23-21-3-1-2-19(16-6-7-16)24(21)35-27(38)25(34-23)36-26(37)20(12-13-29(31,32)33)22(28(39)40)14-15-4-5-15/h1-3,8-11,15-16,20,22,25H,4-7,12-14H2,(H,35,38)(H,36,37)(H,39,40)/t20-,22+,25-/m1/s1. The van der Waals surface area contributed by atoms with E-state index in [0.29, 0.717) is 27.5 Å². The topological polar surface area (TPSA) is 108 Å². The van der Waals surface area contributed by atoms with E-state index in [0.717, 1.165) is 31.2 Å². The molecule has 2 fully saturated rings. The molecule has 0 spiro atoms. The molecule has 3 N–H and O–H groups in total. The summed E-state index contributed by atoms with van der Waals surface area (Å²) in [5.74, 6) is -5.37. The number of carbonyl (C=O) groups is 3. The van der Waals surface area contributed by atoms with Crippen LogP contribution in [0, 0.1) is 17.8 Å². The van der Waals surface area contributed by atoms with Crippen LogP contribution in [0.4, 0.5) is 18.9 Å². The second-order valence-corrected chi connectivity index (χ2v) is 11.2. The molecule has 11 heteroatoms. The van der Waals surface area contributed by atoms with E-state index in [2.05, 4.69) is 15.6 Å². The van der Waals surface area contributed by atoms with E-state index in [4.69, 9.17) is 11.6 Å². The molecule has 212 valence electrons. The lowest BCUT2D eigenvalue weighted by molar-refractivity contribution is -0.154. The molecule has 0 aromatic heterocycles. The maximum absolute atomic E-state index is 13.5. The molecule has 0 bridgehead atoms. The number of hydrogen-bond donors (Lipinski definition) is 3. The number of amides is 2.